The number of rotatable bonds is 5. The van der Waals surface area contributed by atoms with E-state index >= 15 is 0 Å². The van der Waals surface area contributed by atoms with Crippen molar-refractivity contribution in [2.24, 2.45) is 0 Å². The Kier molecular flexibility index (Phi) is 5.39. The minimum absolute atomic E-state index is 0.0978. The van der Waals surface area contributed by atoms with Crippen molar-refractivity contribution in [3.05, 3.63) is 58.1 Å². The van der Waals surface area contributed by atoms with Crippen molar-refractivity contribution in [1.82, 2.24) is 0 Å². The number of halogens is 1. The predicted octanol–water partition coefficient (Wildman–Crippen LogP) is 3.83. The lowest BCUT2D eigenvalue weighted by molar-refractivity contribution is -0.141. The minimum Gasteiger partial charge on any atom is -0.479 e. The summed E-state index contributed by atoms with van der Waals surface area (Å²) in [6, 6.07) is 11.5. The zero-order valence-electron chi connectivity index (χ0n) is 12.6. The molecule has 0 spiro atoms. The summed E-state index contributed by atoms with van der Waals surface area (Å²) in [5.74, 6) is -0.825. The van der Waals surface area contributed by atoms with Gasteiger partial charge in [0.2, 0.25) is 0 Å². The number of hydrogen-bond acceptors (Lipinski definition) is 4. The second-order valence-corrected chi connectivity index (χ2v) is 5.80. The zero-order valence-corrected chi connectivity index (χ0v) is 14.2. The first-order valence-corrected chi connectivity index (χ1v) is 7.64. The van der Waals surface area contributed by atoms with Crippen molar-refractivity contribution in [1.29, 1.82) is 0 Å². The van der Waals surface area contributed by atoms with Gasteiger partial charge in [0.1, 0.15) is 11.5 Å². The molecule has 1 unspecified atom stereocenters. The van der Waals surface area contributed by atoms with Gasteiger partial charge in [-0.1, -0.05) is 17.7 Å². The number of ether oxygens (including phenoxy) is 2. The molecule has 0 aliphatic carbocycles. The maximum absolute atomic E-state index is 12.1. The molecule has 1 atom stereocenters. The summed E-state index contributed by atoms with van der Waals surface area (Å²) in [7, 11) is 0. The average molecular weight is 379 g/mol. The molecule has 1 N–H and O–H groups in total. The first kappa shape index (κ1) is 17.0. The Labute approximate surface area is 142 Å². The molecule has 0 saturated carbocycles. The van der Waals surface area contributed by atoms with E-state index in [1.807, 2.05) is 19.1 Å². The Hall–Kier alpha value is -2.34. The van der Waals surface area contributed by atoms with E-state index in [4.69, 9.17) is 14.6 Å². The number of esters is 1. The summed E-state index contributed by atoms with van der Waals surface area (Å²) in [4.78, 5) is 22.9. The van der Waals surface area contributed by atoms with Gasteiger partial charge in [0.05, 0.1) is 10.0 Å². The summed E-state index contributed by atoms with van der Waals surface area (Å²) in [6.07, 6.45) is -0.802. The Bertz CT molecular complexity index is 724. The molecule has 0 aliphatic rings. The van der Waals surface area contributed by atoms with Crippen molar-refractivity contribution in [3.8, 4) is 11.5 Å². The van der Waals surface area contributed by atoms with E-state index in [1.165, 1.54) is 18.2 Å². The lowest BCUT2D eigenvalue weighted by Crippen LogP contribution is -2.28. The number of aryl methyl sites for hydroxylation is 1. The third-order valence-electron chi connectivity index (χ3n) is 3.06. The van der Waals surface area contributed by atoms with Crippen LogP contribution in [0.25, 0.3) is 0 Å². The summed E-state index contributed by atoms with van der Waals surface area (Å²) in [6.45, 7) is 3.54. The molecule has 0 amide bonds. The lowest BCUT2D eigenvalue weighted by atomic mass is 10.2. The standard InChI is InChI=1S/C17H15BrO5/c1-10-3-6-13(7-4-10)22-11(2)17(21)23-15-8-5-12(16(19)20)9-14(15)18/h3-9,11H,1-2H3,(H,19,20). The minimum atomic E-state index is -1.06. The van der Waals surface area contributed by atoms with Gasteiger partial charge in [-0.15, -0.1) is 0 Å². The van der Waals surface area contributed by atoms with Crippen molar-refractivity contribution >= 4 is 27.9 Å². The lowest BCUT2D eigenvalue weighted by Gasteiger charge is -2.14. The predicted molar refractivity (Wildman–Crippen MR) is 88.0 cm³/mol. The maximum Gasteiger partial charge on any atom is 0.352 e. The molecule has 6 heteroatoms. The van der Waals surface area contributed by atoms with Crippen LogP contribution in [0, 0.1) is 6.92 Å². The smallest absolute Gasteiger partial charge is 0.352 e. The molecule has 0 bridgehead atoms. The molecule has 0 aromatic heterocycles. The van der Waals surface area contributed by atoms with Gasteiger partial charge in [0.25, 0.3) is 0 Å². The molecule has 23 heavy (non-hydrogen) atoms. The highest BCUT2D eigenvalue weighted by Crippen LogP contribution is 2.26. The second-order valence-electron chi connectivity index (χ2n) is 4.94. The molecule has 2 rings (SSSR count). The molecule has 0 radical (unpaired) electrons. The fraction of sp³-hybridized carbons (Fsp3) is 0.176. The number of carbonyl (C=O) groups is 2. The van der Waals surface area contributed by atoms with Crippen LogP contribution in [-0.4, -0.2) is 23.1 Å². The molecule has 2 aromatic rings. The average Bonchev–Trinajstić information content (AvgIpc) is 2.51. The first-order chi connectivity index (χ1) is 10.9. The molecule has 2 aromatic carbocycles. The maximum atomic E-state index is 12.1. The topological polar surface area (TPSA) is 72.8 Å². The van der Waals surface area contributed by atoms with Crippen molar-refractivity contribution < 1.29 is 24.2 Å². The van der Waals surface area contributed by atoms with E-state index < -0.39 is 18.0 Å². The molecular weight excluding hydrogens is 364 g/mol. The zero-order chi connectivity index (χ0) is 17.0. The quantitative estimate of drug-likeness (QED) is 0.632. The van der Waals surface area contributed by atoms with Crippen molar-refractivity contribution in [3.63, 3.8) is 0 Å². The molecule has 0 heterocycles. The largest absolute Gasteiger partial charge is 0.479 e. The number of carboxylic acid groups (broad SMARTS) is 1. The molecule has 5 nitrogen and oxygen atoms in total. The van der Waals surface area contributed by atoms with Gasteiger partial charge < -0.3 is 14.6 Å². The van der Waals surface area contributed by atoms with E-state index in [9.17, 15) is 9.59 Å². The Morgan fingerprint density at radius 3 is 2.35 bits per heavy atom. The van der Waals surface area contributed by atoms with Gasteiger partial charge in [-0.2, -0.15) is 0 Å². The van der Waals surface area contributed by atoms with E-state index in [0.29, 0.717) is 10.2 Å². The molecular formula is C17H15BrO5. The van der Waals surface area contributed by atoms with E-state index in [2.05, 4.69) is 15.9 Å². The van der Waals surface area contributed by atoms with Crippen LogP contribution in [0.5, 0.6) is 11.5 Å². The SMILES string of the molecule is Cc1ccc(OC(C)C(=O)Oc2ccc(C(=O)O)cc2Br)cc1. The normalized spacial score (nSPS) is 11.6. The molecule has 0 fully saturated rings. The summed E-state index contributed by atoms with van der Waals surface area (Å²) >= 11 is 3.19. The van der Waals surface area contributed by atoms with Gasteiger partial charge in [-0.05, 0) is 60.1 Å². The van der Waals surface area contributed by atoms with Crippen molar-refractivity contribution in [2.75, 3.05) is 0 Å². The van der Waals surface area contributed by atoms with E-state index in [1.54, 1.807) is 19.1 Å². The summed E-state index contributed by atoms with van der Waals surface area (Å²) in [5, 5.41) is 8.91. The van der Waals surface area contributed by atoms with Gasteiger partial charge in [-0.25, -0.2) is 9.59 Å². The van der Waals surface area contributed by atoms with Crippen LogP contribution >= 0.6 is 15.9 Å². The van der Waals surface area contributed by atoms with Crippen LogP contribution in [-0.2, 0) is 4.79 Å². The monoisotopic (exact) mass is 378 g/mol. The van der Waals surface area contributed by atoms with Crippen LogP contribution in [0.1, 0.15) is 22.8 Å². The van der Waals surface area contributed by atoms with Gasteiger partial charge in [0, 0.05) is 0 Å². The number of aromatic carboxylic acids is 1. The second kappa shape index (κ2) is 7.28. The van der Waals surface area contributed by atoms with Gasteiger partial charge in [0.15, 0.2) is 6.10 Å². The first-order valence-electron chi connectivity index (χ1n) is 6.84. The molecule has 0 aliphatic heterocycles. The van der Waals surface area contributed by atoms with Gasteiger partial charge in [-0.3, -0.25) is 0 Å². The molecule has 0 saturated heterocycles. The van der Waals surface area contributed by atoms with Crippen LogP contribution in [0.4, 0.5) is 0 Å². The third-order valence-corrected chi connectivity index (χ3v) is 3.67. The van der Waals surface area contributed by atoms with Gasteiger partial charge >= 0.3 is 11.9 Å². The van der Waals surface area contributed by atoms with Crippen LogP contribution in [0.2, 0.25) is 0 Å². The summed E-state index contributed by atoms with van der Waals surface area (Å²) in [5.41, 5.74) is 1.19. The third kappa shape index (κ3) is 4.56. The fourth-order valence-corrected chi connectivity index (χ4v) is 2.24. The summed E-state index contributed by atoms with van der Waals surface area (Å²) < 4.78 is 11.1. The fourth-order valence-electron chi connectivity index (χ4n) is 1.78. The number of benzene rings is 2. The Balaban J connectivity index is 2.03. The van der Waals surface area contributed by atoms with Crippen molar-refractivity contribution in [2.45, 2.75) is 20.0 Å². The van der Waals surface area contributed by atoms with Crippen LogP contribution < -0.4 is 9.47 Å². The molecule has 120 valence electrons. The number of carbonyl (C=O) groups excluding carboxylic acids is 1. The Morgan fingerprint density at radius 2 is 1.78 bits per heavy atom. The van der Waals surface area contributed by atoms with E-state index in [-0.39, 0.29) is 11.3 Å². The number of carboxylic acids is 1. The van der Waals surface area contributed by atoms with Crippen LogP contribution in [0.15, 0.2) is 46.9 Å². The van der Waals surface area contributed by atoms with Crippen LogP contribution in [0.3, 0.4) is 0 Å². The number of hydrogen-bond donors (Lipinski definition) is 1. The highest BCUT2D eigenvalue weighted by molar-refractivity contribution is 9.10. The highest BCUT2D eigenvalue weighted by atomic mass is 79.9. The highest BCUT2D eigenvalue weighted by Gasteiger charge is 2.19. The Morgan fingerprint density at radius 1 is 1.13 bits per heavy atom. The van der Waals surface area contributed by atoms with E-state index in [0.717, 1.165) is 5.56 Å².